The van der Waals surface area contributed by atoms with Crippen molar-refractivity contribution >= 4 is 56.5 Å². The van der Waals surface area contributed by atoms with Gasteiger partial charge in [0.15, 0.2) is 0 Å². The van der Waals surface area contributed by atoms with Crippen LogP contribution in [0.2, 0.25) is 10.0 Å². The van der Waals surface area contributed by atoms with E-state index in [1.54, 1.807) is 25.1 Å². The lowest BCUT2D eigenvalue weighted by Gasteiger charge is -2.13. The molecule has 3 aromatic carbocycles. The lowest BCUT2D eigenvalue weighted by atomic mass is 10.1. The molecule has 0 unspecified atom stereocenters. The average molecular weight is 521 g/mol. The molecule has 0 aliphatic rings. The molecule has 1 amide bonds. The number of esters is 1. The van der Waals surface area contributed by atoms with Gasteiger partial charge >= 0.3 is 5.97 Å². The molecule has 0 saturated heterocycles. The smallest absolute Gasteiger partial charge is 0.339 e. The number of carbonyl (C=O) groups is 2. The maximum atomic E-state index is 13.0. The van der Waals surface area contributed by atoms with E-state index >= 15 is 0 Å². The molecule has 10 heteroatoms. The van der Waals surface area contributed by atoms with Crippen LogP contribution in [-0.4, -0.2) is 26.9 Å². The van der Waals surface area contributed by atoms with Gasteiger partial charge in [-0.05, 0) is 80.4 Å². The summed E-state index contributed by atoms with van der Waals surface area (Å²) >= 11 is 12.2. The zero-order chi connectivity index (χ0) is 25.0. The highest BCUT2D eigenvalue weighted by atomic mass is 35.5. The fourth-order valence-corrected chi connectivity index (χ4v) is 4.81. The molecule has 0 saturated carbocycles. The first kappa shape index (κ1) is 25.6. The zero-order valence-electron chi connectivity index (χ0n) is 18.6. The second-order valence-corrected chi connectivity index (χ2v) is 9.88. The summed E-state index contributed by atoms with van der Waals surface area (Å²) in [5.41, 5.74) is 2.75. The molecular weight excluding hydrogens is 499 g/mol. The molecule has 0 aliphatic heterocycles. The number of hydrogen-bond donors (Lipinski definition) is 2. The highest BCUT2D eigenvalue weighted by Gasteiger charge is 2.21. The van der Waals surface area contributed by atoms with Crippen molar-refractivity contribution < 1.29 is 22.7 Å². The Morgan fingerprint density at radius 2 is 1.56 bits per heavy atom. The summed E-state index contributed by atoms with van der Waals surface area (Å²) in [6, 6.07) is 13.4. The molecule has 0 fully saturated rings. The van der Waals surface area contributed by atoms with Crippen LogP contribution in [0, 0.1) is 13.8 Å². The first-order valence-electron chi connectivity index (χ1n) is 10.2. The summed E-state index contributed by atoms with van der Waals surface area (Å²) < 4.78 is 33.4. The molecule has 3 aromatic rings. The van der Waals surface area contributed by atoms with Gasteiger partial charge < -0.3 is 10.1 Å². The van der Waals surface area contributed by atoms with E-state index < -0.39 is 21.9 Å². The van der Waals surface area contributed by atoms with E-state index in [4.69, 9.17) is 27.9 Å². The van der Waals surface area contributed by atoms with Gasteiger partial charge in [0, 0.05) is 16.9 Å². The quantitative estimate of drug-likeness (QED) is 0.381. The highest BCUT2D eigenvalue weighted by Crippen LogP contribution is 2.27. The van der Waals surface area contributed by atoms with Crippen molar-refractivity contribution in [2.75, 3.05) is 16.6 Å². The average Bonchev–Trinajstić information content (AvgIpc) is 2.77. The standard InChI is InChI=1S/C24H22Cl2N2O5S/c1-4-33-24(30)19-13-17(8-10-20(19)25)27-23(29)16-6-9-21(26)22(12-16)34(31,32)28-18-7-5-14(2)15(3)11-18/h5-13,28H,4H2,1-3H3,(H,27,29). The summed E-state index contributed by atoms with van der Waals surface area (Å²) in [5, 5.41) is 2.76. The highest BCUT2D eigenvalue weighted by molar-refractivity contribution is 7.92. The third-order valence-corrected chi connectivity index (χ3v) is 7.15. The lowest BCUT2D eigenvalue weighted by Crippen LogP contribution is -2.17. The molecule has 0 bridgehead atoms. The van der Waals surface area contributed by atoms with Crippen molar-refractivity contribution in [2.24, 2.45) is 0 Å². The van der Waals surface area contributed by atoms with Gasteiger partial charge in [-0.2, -0.15) is 0 Å². The van der Waals surface area contributed by atoms with Crippen LogP contribution in [0.5, 0.6) is 0 Å². The van der Waals surface area contributed by atoms with Crippen molar-refractivity contribution in [2.45, 2.75) is 25.7 Å². The number of hydrogen-bond acceptors (Lipinski definition) is 5. The van der Waals surface area contributed by atoms with Crippen LogP contribution >= 0.6 is 23.2 Å². The van der Waals surface area contributed by atoms with E-state index in [-0.39, 0.29) is 38.4 Å². The predicted octanol–water partition coefficient (Wildman–Crippen LogP) is 5.84. The van der Waals surface area contributed by atoms with Crippen molar-refractivity contribution in [3.63, 3.8) is 0 Å². The Balaban J connectivity index is 1.87. The molecule has 7 nitrogen and oxygen atoms in total. The predicted molar refractivity (Wildman–Crippen MR) is 134 cm³/mol. The second-order valence-electron chi connectivity index (χ2n) is 7.42. The van der Waals surface area contributed by atoms with Crippen LogP contribution in [0.3, 0.4) is 0 Å². The Bertz CT molecular complexity index is 1370. The summed E-state index contributed by atoms with van der Waals surface area (Å²) in [6.45, 7) is 5.63. The number of benzene rings is 3. The van der Waals surface area contributed by atoms with Gasteiger partial charge in [-0.3, -0.25) is 9.52 Å². The maximum Gasteiger partial charge on any atom is 0.339 e. The van der Waals surface area contributed by atoms with Crippen molar-refractivity contribution in [1.82, 2.24) is 0 Å². The molecule has 0 aliphatic carbocycles. The van der Waals surface area contributed by atoms with Crippen molar-refractivity contribution in [3.05, 3.63) is 86.9 Å². The van der Waals surface area contributed by atoms with E-state index in [1.807, 2.05) is 13.8 Å². The first-order valence-corrected chi connectivity index (χ1v) is 12.4. The molecular formula is C24H22Cl2N2O5S. The number of ether oxygens (including phenoxy) is 1. The summed E-state index contributed by atoms with van der Waals surface area (Å²) in [4.78, 5) is 24.6. The van der Waals surface area contributed by atoms with Crippen LogP contribution in [-0.2, 0) is 14.8 Å². The number of anilines is 2. The molecule has 34 heavy (non-hydrogen) atoms. The van der Waals surface area contributed by atoms with Crippen LogP contribution in [0.4, 0.5) is 11.4 Å². The van der Waals surface area contributed by atoms with Gasteiger partial charge in [0.1, 0.15) is 4.90 Å². The Morgan fingerprint density at radius 1 is 0.882 bits per heavy atom. The molecule has 0 spiro atoms. The Kier molecular flexibility index (Phi) is 7.86. The number of halogens is 2. The Morgan fingerprint density at radius 3 is 2.24 bits per heavy atom. The van der Waals surface area contributed by atoms with Gasteiger partial charge in [-0.25, -0.2) is 13.2 Å². The number of sulfonamides is 1. The molecule has 0 atom stereocenters. The normalized spacial score (nSPS) is 11.1. The van der Waals surface area contributed by atoms with Crippen LogP contribution in [0.15, 0.2) is 59.5 Å². The van der Waals surface area contributed by atoms with Crippen LogP contribution in [0.1, 0.15) is 38.8 Å². The fourth-order valence-electron chi connectivity index (χ4n) is 3.04. The molecule has 178 valence electrons. The van der Waals surface area contributed by atoms with E-state index in [0.29, 0.717) is 5.69 Å². The minimum atomic E-state index is -4.07. The number of nitrogens with one attached hydrogen (secondary N) is 2. The third kappa shape index (κ3) is 5.88. The van der Waals surface area contributed by atoms with Crippen molar-refractivity contribution in [3.8, 4) is 0 Å². The van der Waals surface area contributed by atoms with Crippen LogP contribution in [0.25, 0.3) is 0 Å². The van der Waals surface area contributed by atoms with E-state index in [9.17, 15) is 18.0 Å². The summed E-state index contributed by atoms with van der Waals surface area (Å²) in [6.07, 6.45) is 0. The first-order chi connectivity index (χ1) is 16.0. The van der Waals surface area contributed by atoms with Gasteiger partial charge in [0.25, 0.3) is 15.9 Å². The SMILES string of the molecule is CCOC(=O)c1cc(NC(=O)c2ccc(Cl)c(S(=O)(=O)Nc3ccc(C)c(C)c3)c2)ccc1Cl. The Labute approximate surface area is 208 Å². The molecule has 2 N–H and O–H groups in total. The van der Waals surface area contributed by atoms with Crippen LogP contribution < -0.4 is 10.0 Å². The fraction of sp³-hybridized carbons (Fsp3) is 0.167. The van der Waals surface area contributed by atoms with E-state index in [0.717, 1.165) is 11.1 Å². The minimum Gasteiger partial charge on any atom is -0.462 e. The lowest BCUT2D eigenvalue weighted by molar-refractivity contribution is 0.0526. The maximum absolute atomic E-state index is 13.0. The molecule has 0 radical (unpaired) electrons. The summed E-state index contributed by atoms with van der Waals surface area (Å²) in [5.74, 6) is -1.22. The topological polar surface area (TPSA) is 102 Å². The van der Waals surface area contributed by atoms with E-state index in [2.05, 4.69) is 10.0 Å². The summed E-state index contributed by atoms with van der Waals surface area (Å²) in [7, 11) is -4.07. The molecule has 3 rings (SSSR count). The monoisotopic (exact) mass is 520 g/mol. The number of aryl methyl sites for hydroxylation is 2. The van der Waals surface area contributed by atoms with Gasteiger partial charge in [-0.15, -0.1) is 0 Å². The van der Waals surface area contributed by atoms with Gasteiger partial charge in [-0.1, -0.05) is 29.3 Å². The Hall–Kier alpha value is -3.07. The number of amides is 1. The second kappa shape index (κ2) is 10.5. The van der Waals surface area contributed by atoms with Gasteiger partial charge in [0.05, 0.1) is 22.2 Å². The third-order valence-electron chi connectivity index (χ3n) is 4.96. The largest absolute Gasteiger partial charge is 0.462 e. The van der Waals surface area contributed by atoms with Gasteiger partial charge in [0.2, 0.25) is 0 Å². The zero-order valence-corrected chi connectivity index (χ0v) is 20.9. The number of carbonyl (C=O) groups excluding carboxylic acids is 2. The van der Waals surface area contributed by atoms with Crippen molar-refractivity contribution in [1.29, 1.82) is 0 Å². The number of rotatable bonds is 7. The van der Waals surface area contributed by atoms with E-state index in [1.165, 1.54) is 36.4 Å². The molecule has 0 aromatic heterocycles. The minimum absolute atomic E-state index is 0.0380. The molecule has 0 heterocycles.